The number of aromatic nitrogens is 1. The molecule has 4 nitrogen and oxygen atoms in total. The Morgan fingerprint density at radius 3 is 2.76 bits per heavy atom. The van der Waals surface area contributed by atoms with Gasteiger partial charge in [-0.2, -0.15) is 0 Å². The molecule has 2 N–H and O–H groups in total. The highest BCUT2D eigenvalue weighted by atomic mass is 16.5. The molecule has 2 rings (SSSR count). The minimum Gasteiger partial charge on any atom is -0.497 e. The van der Waals surface area contributed by atoms with Gasteiger partial charge in [-0.05, 0) is 19.8 Å². The van der Waals surface area contributed by atoms with Crippen LogP contribution in [0.4, 0.5) is 0 Å². The van der Waals surface area contributed by atoms with Crippen LogP contribution in [0.1, 0.15) is 24.2 Å². The van der Waals surface area contributed by atoms with Gasteiger partial charge in [0.15, 0.2) is 0 Å². The molecule has 0 spiro atoms. The molecule has 17 heavy (non-hydrogen) atoms. The zero-order valence-electron chi connectivity index (χ0n) is 10.6. The molecule has 4 heteroatoms. The third-order valence-corrected chi connectivity index (χ3v) is 3.23. The SMILES string of the molecule is COc1cc(C)nc(CN2CCC(N)CC2)c1. The second-order valence-electron chi connectivity index (χ2n) is 4.75. The summed E-state index contributed by atoms with van der Waals surface area (Å²) in [6.45, 7) is 5.03. The Kier molecular flexibility index (Phi) is 3.97. The van der Waals surface area contributed by atoms with Gasteiger partial charge in [-0.15, -0.1) is 0 Å². The van der Waals surface area contributed by atoms with Gasteiger partial charge in [0.05, 0.1) is 12.8 Å². The van der Waals surface area contributed by atoms with Crippen LogP contribution >= 0.6 is 0 Å². The molecule has 0 aromatic carbocycles. The number of likely N-dealkylation sites (tertiary alicyclic amines) is 1. The molecule has 0 saturated carbocycles. The second-order valence-corrected chi connectivity index (χ2v) is 4.75. The molecule has 0 unspecified atom stereocenters. The van der Waals surface area contributed by atoms with Gasteiger partial charge in [0.1, 0.15) is 5.75 Å². The average molecular weight is 235 g/mol. The molecule has 1 aromatic rings. The number of piperidine rings is 1. The lowest BCUT2D eigenvalue weighted by molar-refractivity contribution is 0.203. The third kappa shape index (κ3) is 3.41. The van der Waals surface area contributed by atoms with Gasteiger partial charge in [-0.3, -0.25) is 9.88 Å². The summed E-state index contributed by atoms with van der Waals surface area (Å²) in [5.41, 5.74) is 7.99. The van der Waals surface area contributed by atoms with Crippen LogP contribution in [0.2, 0.25) is 0 Å². The van der Waals surface area contributed by atoms with E-state index >= 15 is 0 Å². The molecule has 94 valence electrons. The first-order chi connectivity index (χ1) is 8.17. The first-order valence-electron chi connectivity index (χ1n) is 6.17. The summed E-state index contributed by atoms with van der Waals surface area (Å²) in [6, 6.07) is 4.35. The molecule has 0 atom stereocenters. The molecule has 0 amide bonds. The highest BCUT2D eigenvalue weighted by Crippen LogP contribution is 2.16. The molecule has 0 radical (unpaired) electrons. The van der Waals surface area contributed by atoms with E-state index in [2.05, 4.69) is 9.88 Å². The van der Waals surface area contributed by atoms with Crippen molar-refractivity contribution in [3.05, 3.63) is 23.5 Å². The number of hydrogen-bond acceptors (Lipinski definition) is 4. The molecule has 2 heterocycles. The van der Waals surface area contributed by atoms with Crippen molar-refractivity contribution in [2.75, 3.05) is 20.2 Å². The van der Waals surface area contributed by atoms with Gasteiger partial charge in [0, 0.05) is 43.5 Å². The average Bonchev–Trinajstić information content (AvgIpc) is 2.31. The van der Waals surface area contributed by atoms with Crippen LogP contribution in [0, 0.1) is 6.92 Å². The van der Waals surface area contributed by atoms with Gasteiger partial charge in [-0.1, -0.05) is 0 Å². The molecule has 0 aliphatic carbocycles. The molecule has 1 fully saturated rings. The van der Waals surface area contributed by atoms with Crippen LogP contribution in [0.25, 0.3) is 0 Å². The zero-order valence-corrected chi connectivity index (χ0v) is 10.6. The van der Waals surface area contributed by atoms with Crippen LogP contribution in [-0.4, -0.2) is 36.1 Å². The first kappa shape index (κ1) is 12.3. The predicted molar refractivity (Wildman–Crippen MR) is 68.0 cm³/mol. The lowest BCUT2D eigenvalue weighted by Crippen LogP contribution is -2.39. The van der Waals surface area contributed by atoms with E-state index < -0.39 is 0 Å². The summed E-state index contributed by atoms with van der Waals surface area (Å²) in [6.07, 6.45) is 2.17. The molecular formula is C13H21N3O. The summed E-state index contributed by atoms with van der Waals surface area (Å²) in [4.78, 5) is 6.95. The van der Waals surface area contributed by atoms with E-state index in [4.69, 9.17) is 10.5 Å². The fourth-order valence-electron chi connectivity index (χ4n) is 2.24. The molecule has 1 aromatic heterocycles. The molecule has 1 aliphatic rings. The molecule has 1 aliphatic heterocycles. The Bertz CT molecular complexity index is 373. The van der Waals surface area contributed by atoms with E-state index in [0.29, 0.717) is 6.04 Å². The zero-order chi connectivity index (χ0) is 12.3. The van der Waals surface area contributed by atoms with E-state index in [-0.39, 0.29) is 0 Å². The number of rotatable bonds is 3. The van der Waals surface area contributed by atoms with Gasteiger partial charge in [0.2, 0.25) is 0 Å². The molecule has 1 saturated heterocycles. The highest BCUT2D eigenvalue weighted by Gasteiger charge is 2.16. The maximum atomic E-state index is 5.90. The number of nitrogens with zero attached hydrogens (tertiary/aromatic N) is 2. The van der Waals surface area contributed by atoms with E-state index in [1.165, 1.54) is 0 Å². The van der Waals surface area contributed by atoms with Gasteiger partial charge in [-0.25, -0.2) is 0 Å². The minimum absolute atomic E-state index is 0.381. The van der Waals surface area contributed by atoms with E-state index in [0.717, 1.165) is 49.6 Å². The first-order valence-corrected chi connectivity index (χ1v) is 6.17. The standard InChI is InChI=1S/C13H21N3O/c1-10-7-13(17-2)8-12(15-10)9-16-5-3-11(14)4-6-16/h7-8,11H,3-6,9,14H2,1-2H3. The van der Waals surface area contributed by atoms with E-state index in [9.17, 15) is 0 Å². The van der Waals surface area contributed by atoms with E-state index in [1.807, 2.05) is 19.1 Å². The fourth-order valence-corrected chi connectivity index (χ4v) is 2.24. The Labute approximate surface area is 103 Å². The van der Waals surface area contributed by atoms with Crippen molar-refractivity contribution >= 4 is 0 Å². The monoisotopic (exact) mass is 235 g/mol. The Morgan fingerprint density at radius 2 is 2.12 bits per heavy atom. The molecular weight excluding hydrogens is 214 g/mol. The maximum Gasteiger partial charge on any atom is 0.122 e. The molecule has 0 bridgehead atoms. The fraction of sp³-hybridized carbons (Fsp3) is 0.615. The maximum absolute atomic E-state index is 5.90. The topological polar surface area (TPSA) is 51.4 Å². The summed E-state index contributed by atoms with van der Waals surface area (Å²) < 4.78 is 5.26. The highest BCUT2D eigenvalue weighted by molar-refractivity contribution is 5.26. The smallest absolute Gasteiger partial charge is 0.122 e. The van der Waals surface area contributed by atoms with Crippen LogP contribution in [-0.2, 0) is 6.54 Å². The second kappa shape index (κ2) is 5.47. The quantitative estimate of drug-likeness (QED) is 0.858. The Balaban J connectivity index is 2.00. The van der Waals surface area contributed by atoms with E-state index in [1.54, 1.807) is 7.11 Å². The number of hydrogen-bond donors (Lipinski definition) is 1. The lowest BCUT2D eigenvalue weighted by atomic mass is 10.1. The van der Waals surface area contributed by atoms with Crippen molar-refractivity contribution in [1.82, 2.24) is 9.88 Å². The van der Waals surface area contributed by atoms with Crippen molar-refractivity contribution in [1.29, 1.82) is 0 Å². The number of pyridine rings is 1. The van der Waals surface area contributed by atoms with Crippen LogP contribution in [0.5, 0.6) is 5.75 Å². The predicted octanol–water partition coefficient (Wildman–Crippen LogP) is 1.32. The summed E-state index contributed by atoms with van der Waals surface area (Å²) in [5, 5.41) is 0. The third-order valence-electron chi connectivity index (χ3n) is 3.23. The summed E-state index contributed by atoms with van der Waals surface area (Å²) in [7, 11) is 1.69. The van der Waals surface area contributed by atoms with Crippen molar-refractivity contribution in [3.63, 3.8) is 0 Å². The van der Waals surface area contributed by atoms with Crippen molar-refractivity contribution in [2.45, 2.75) is 32.4 Å². The van der Waals surface area contributed by atoms with Crippen LogP contribution in [0.15, 0.2) is 12.1 Å². The normalized spacial score (nSPS) is 18.3. The number of nitrogens with two attached hydrogens (primary N) is 1. The van der Waals surface area contributed by atoms with Gasteiger partial charge >= 0.3 is 0 Å². The minimum atomic E-state index is 0.381. The number of ether oxygens (including phenoxy) is 1. The van der Waals surface area contributed by atoms with Gasteiger partial charge in [0.25, 0.3) is 0 Å². The number of methoxy groups -OCH3 is 1. The van der Waals surface area contributed by atoms with Crippen molar-refractivity contribution in [3.8, 4) is 5.75 Å². The summed E-state index contributed by atoms with van der Waals surface area (Å²) >= 11 is 0. The Hall–Kier alpha value is -1.13. The van der Waals surface area contributed by atoms with Crippen LogP contribution in [0.3, 0.4) is 0 Å². The van der Waals surface area contributed by atoms with Crippen molar-refractivity contribution < 1.29 is 4.74 Å². The Morgan fingerprint density at radius 1 is 1.41 bits per heavy atom. The lowest BCUT2D eigenvalue weighted by Gasteiger charge is -2.29. The van der Waals surface area contributed by atoms with Crippen molar-refractivity contribution in [2.24, 2.45) is 5.73 Å². The number of aryl methyl sites for hydroxylation is 1. The van der Waals surface area contributed by atoms with Gasteiger partial charge < -0.3 is 10.5 Å². The largest absolute Gasteiger partial charge is 0.497 e. The van der Waals surface area contributed by atoms with Crippen LogP contribution < -0.4 is 10.5 Å². The summed E-state index contributed by atoms with van der Waals surface area (Å²) in [5.74, 6) is 0.890.